The van der Waals surface area contributed by atoms with Gasteiger partial charge in [0.15, 0.2) is 0 Å². The third-order valence-electron chi connectivity index (χ3n) is 6.87. The van der Waals surface area contributed by atoms with Gasteiger partial charge in [0.05, 0.1) is 11.4 Å². The maximum Gasteiger partial charge on any atom is 0.216 e. The number of carbonyl (C=O) groups is 1. The predicted molar refractivity (Wildman–Crippen MR) is 148 cm³/mol. The highest BCUT2D eigenvalue weighted by molar-refractivity contribution is 5.96. The molecule has 0 saturated carbocycles. The minimum Gasteiger partial charge on any atom is -0.355 e. The molecule has 0 bridgehead atoms. The second-order valence-electron chi connectivity index (χ2n) is 9.14. The molecule has 0 fully saturated rings. The summed E-state index contributed by atoms with van der Waals surface area (Å²) in [5.41, 5.74) is 8.95. The number of carbonyl (C=O) groups excluding carboxylic acids is 1. The lowest BCUT2D eigenvalue weighted by Crippen LogP contribution is -2.27. The molecule has 6 rings (SSSR count). The van der Waals surface area contributed by atoms with Crippen molar-refractivity contribution in [3.8, 4) is 22.5 Å². The fourth-order valence-corrected chi connectivity index (χ4v) is 5.31. The molecular formula is C32H27N3O. The van der Waals surface area contributed by atoms with Crippen LogP contribution in [0.3, 0.4) is 0 Å². The van der Waals surface area contributed by atoms with E-state index >= 15 is 0 Å². The minimum absolute atomic E-state index is 0.0396. The summed E-state index contributed by atoms with van der Waals surface area (Å²) in [7, 11) is 0. The summed E-state index contributed by atoms with van der Waals surface area (Å²) >= 11 is 0. The lowest BCUT2D eigenvalue weighted by molar-refractivity contribution is -0.118. The Balaban J connectivity index is 1.68. The second-order valence-corrected chi connectivity index (χ2v) is 9.14. The number of aromatic nitrogens is 2. The Labute approximate surface area is 210 Å². The van der Waals surface area contributed by atoms with E-state index in [2.05, 4.69) is 112 Å². The third kappa shape index (κ3) is 3.87. The highest BCUT2D eigenvalue weighted by Gasteiger charge is 2.28. The van der Waals surface area contributed by atoms with Gasteiger partial charge in [0, 0.05) is 41.2 Å². The summed E-state index contributed by atoms with van der Waals surface area (Å²) in [6.45, 7) is 2.07. The number of hydrogen-bond acceptors (Lipinski definition) is 1. The minimum atomic E-state index is -0.0911. The van der Waals surface area contributed by atoms with Crippen LogP contribution in [0, 0.1) is 0 Å². The average molecular weight is 470 g/mol. The molecule has 0 aliphatic rings. The summed E-state index contributed by atoms with van der Waals surface area (Å²) in [6, 6.07) is 37.7. The molecule has 176 valence electrons. The number of H-pyrrole nitrogens is 2. The van der Waals surface area contributed by atoms with Gasteiger partial charge in [-0.05, 0) is 34.4 Å². The van der Waals surface area contributed by atoms with Gasteiger partial charge in [-0.3, -0.25) is 4.79 Å². The Hall–Kier alpha value is -4.57. The van der Waals surface area contributed by atoms with E-state index < -0.39 is 0 Å². The van der Waals surface area contributed by atoms with Crippen LogP contribution >= 0.6 is 0 Å². The predicted octanol–water partition coefficient (Wildman–Crippen LogP) is 7.25. The molecule has 2 aromatic heterocycles. The standard InChI is InChI=1S/C32H27N3O/c1-21(36)33-20-26(29-24-16-8-10-18-27(24)34-31(29)22-12-4-2-5-13-22)30-25-17-9-11-19-28(25)35-32(30)23-14-6-3-7-15-23/h2-19,26,34-35H,20H2,1H3,(H,33,36). The molecule has 0 saturated heterocycles. The fraction of sp³-hybridized carbons (Fsp3) is 0.0938. The molecule has 4 heteroatoms. The summed E-state index contributed by atoms with van der Waals surface area (Å²) in [6.07, 6.45) is 0. The van der Waals surface area contributed by atoms with Gasteiger partial charge in [0.2, 0.25) is 5.91 Å². The van der Waals surface area contributed by atoms with Crippen LogP contribution in [0.5, 0.6) is 0 Å². The Morgan fingerprint density at radius 2 is 1.06 bits per heavy atom. The molecule has 0 atom stereocenters. The van der Waals surface area contributed by atoms with Crippen molar-refractivity contribution in [1.29, 1.82) is 0 Å². The van der Waals surface area contributed by atoms with Crippen molar-refractivity contribution in [2.45, 2.75) is 12.8 Å². The largest absolute Gasteiger partial charge is 0.355 e. The molecule has 0 aliphatic heterocycles. The quantitative estimate of drug-likeness (QED) is 0.236. The van der Waals surface area contributed by atoms with E-state index in [1.165, 1.54) is 11.1 Å². The van der Waals surface area contributed by atoms with Gasteiger partial charge in [0.25, 0.3) is 0 Å². The lowest BCUT2D eigenvalue weighted by atomic mass is 9.84. The van der Waals surface area contributed by atoms with Crippen LogP contribution in [0.25, 0.3) is 44.3 Å². The topological polar surface area (TPSA) is 60.7 Å². The number of aromatic amines is 2. The van der Waals surface area contributed by atoms with Crippen molar-refractivity contribution in [2.75, 3.05) is 6.54 Å². The number of nitrogens with one attached hydrogen (secondary N) is 3. The van der Waals surface area contributed by atoms with E-state index in [4.69, 9.17) is 0 Å². The van der Waals surface area contributed by atoms with Crippen molar-refractivity contribution in [1.82, 2.24) is 15.3 Å². The van der Waals surface area contributed by atoms with E-state index in [-0.39, 0.29) is 11.8 Å². The van der Waals surface area contributed by atoms with E-state index in [1.807, 2.05) is 12.1 Å². The molecule has 4 aromatic carbocycles. The van der Waals surface area contributed by atoms with Crippen LogP contribution in [0.4, 0.5) is 0 Å². The number of rotatable bonds is 6. The number of amides is 1. The van der Waals surface area contributed by atoms with Crippen molar-refractivity contribution in [3.63, 3.8) is 0 Å². The van der Waals surface area contributed by atoms with Crippen LogP contribution in [-0.2, 0) is 4.79 Å². The monoisotopic (exact) mass is 469 g/mol. The first-order valence-corrected chi connectivity index (χ1v) is 12.3. The van der Waals surface area contributed by atoms with Crippen LogP contribution < -0.4 is 5.32 Å². The molecule has 0 unspecified atom stereocenters. The van der Waals surface area contributed by atoms with E-state index in [9.17, 15) is 4.79 Å². The highest BCUT2D eigenvalue weighted by atomic mass is 16.1. The number of fused-ring (bicyclic) bond motifs is 2. The van der Waals surface area contributed by atoms with Gasteiger partial charge in [-0.2, -0.15) is 0 Å². The lowest BCUT2D eigenvalue weighted by Gasteiger charge is -2.21. The van der Waals surface area contributed by atoms with Crippen LogP contribution in [-0.4, -0.2) is 22.4 Å². The van der Waals surface area contributed by atoms with Crippen molar-refractivity contribution in [3.05, 3.63) is 120 Å². The molecule has 36 heavy (non-hydrogen) atoms. The van der Waals surface area contributed by atoms with Gasteiger partial charge >= 0.3 is 0 Å². The van der Waals surface area contributed by atoms with E-state index in [1.54, 1.807) is 6.92 Å². The van der Waals surface area contributed by atoms with E-state index in [0.29, 0.717) is 6.54 Å². The Bertz CT molecular complexity index is 1540. The summed E-state index contributed by atoms with van der Waals surface area (Å²) in [5, 5.41) is 5.47. The number of benzene rings is 4. The van der Waals surface area contributed by atoms with Crippen LogP contribution in [0.15, 0.2) is 109 Å². The maximum atomic E-state index is 12.2. The SMILES string of the molecule is CC(=O)NCC(c1c(-c2ccccc2)[nH]c2ccccc12)c1c(-c2ccccc2)[nH]c2ccccc12. The first-order valence-electron chi connectivity index (χ1n) is 12.3. The average Bonchev–Trinajstić information content (AvgIpc) is 3.50. The molecule has 0 spiro atoms. The first-order chi connectivity index (χ1) is 17.7. The molecule has 4 nitrogen and oxygen atoms in total. The summed E-state index contributed by atoms with van der Waals surface area (Å²) in [4.78, 5) is 19.6. The van der Waals surface area contributed by atoms with Gasteiger partial charge in [-0.15, -0.1) is 0 Å². The third-order valence-corrected chi connectivity index (χ3v) is 6.87. The normalized spacial score (nSPS) is 11.4. The Kier molecular flexibility index (Phi) is 5.62. The summed E-state index contributed by atoms with van der Waals surface area (Å²) in [5.74, 6) is -0.131. The van der Waals surface area contributed by atoms with Crippen molar-refractivity contribution in [2.24, 2.45) is 0 Å². The fourth-order valence-electron chi connectivity index (χ4n) is 5.31. The molecule has 6 aromatic rings. The van der Waals surface area contributed by atoms with Crippen LogP contribution in [0.1, 0.15) is 24.0 Å². The zero-order chi connectivity index (χ0) is 24.5. The Morgan fingerprint density at radius 3 is 1.50 bits per heavy atom. The van der Waals surface area contributed by atoms with Gasteiger partial charge in [0.1, 0.15) is 0 Å². The van der Waals surface area contributed by atoms with Crippen molar-refractivity contribution < 1.29 is 4.79 Å². The molecule has 3 N–H and O–H groups in total. The molecule has 2 heterocycles. The first kappa shape index (κ1) is 21.9. The number of para-hydroxylation sites is 2. The zero-order valence-corrected chi connectivity index (χ0v) is 20.1. The highest BCUT2D eigenvalue weighted by Crippen LogP contribution is 2.44. The van der Waals surface area contributed by atoms with E-state index in [0.717, 1.165) is 44.3 Å². The number of hydrogen-bond donors (Lipinski definition) is 3. The van der Waals surface area contributed by atoms with Gasteiger partial charge in [-0.1, -0.05) is 97.1 Å². The molecule has 1 amide bonds. The smallest absolute Gasteiger partial charge is 0.216 e. The Morgan fingerprint density at radius 1 is 0.639 bits per heavy atom. The molecular weight excluding hydrogens is 442 g/mol. The van der Waals surface area contributed by atoms with Crippen molar-refractivity contribution >= 4 is 27.7 Å². The zero-order valence-electron chi connectivity index (χ0n) is 20.1. The van der Waals surface area contributed by atoms with Gasteiger partial charge < -0.3 is 15.3 Å². The van der Waals surface area contributed by atoms with Gasteiger partial charge in [-0.25, -0.2) is 0 Å². The maximum absolute atomic E-state index is 12.2. The molecule has 0 aliphatic carbocycles. The summed E-state index contributed by atoms with van der Waals surface area (Å²) < 4.78 is 0. The second kappa shape index (κ2) is 9.23. The molecule has 0 radical (unpaired) electrons. The van der Waals surface area contributed by atoms with Crippen LogP contribution in [0.2, 0.25) is 0 Å².